The lowest BCUT2D eigenvalue weighted by atomic mass is 10.0. The van der Waals surface area contributed by atoms with Crippen molar-refractivity contribution in [2.24, 2.45) is 0 Å². The van der Waals surface area contributed by atoms with Crippen molar-refractivity contribution in [3.63, 3.8) is 0 Å². The molecule has 0 fully saturated rings. The van der Waals surface area contributed by atoms with Gasteiger partial charge < -0.3 is 14.5 Å². The van der Waals surface area contributed by atoms with Gasteiger partial charge in [0.2, 0.25) is 5.91 Å². The third kappa shape index (κ3) is 4.46. The summed E-state index contributed by atoms with van der Waals surface area (Å²) in [6, 6.07) is 12.3. The fourth-order valence-electron chi connectivity index (χ4n) is 3.04. The molecule has 0 unspecified atom stereocenters. The van der Waals surface area contributed by atoms with Crippen LogP contribution in [0, 0.1) is 13.8 Å². The van der Waals surface area contributed by atoms with Gasteiger partial charge in [-0.1, -0.05) is 18.2 Å². The Morgan fingerprint density at radius 1 is 1.11 bits per heavy atom. The smallest absolute Gasteiger partial charge is 0.339 e. The molecule has 3 rings (SSSR count). The summed E-state index contributed by atoms with van der Waals surface area (Å²) in [5, 5.41) is 3.49. The number of nitrogens with one attached hydrogen (secondary N) is 1. The third-order valence-electron chi connectivity index (χ3n) is 4.41. The number of rotatable bonds is 5. The molecule has 2 aromatic carbocycles. The number of esters is 1. The van der Waals surface area contributed by atoms with E-state index in [1.54, 1.807) is 24.3 Å². The summed E-state index contributed by atoms with van der Waals surface area (Å²) < 4.78 is 10.7. The van der Waals surface area contributed by atoms with Crippen LogP contribution in [0.4, 0.5) is 5.69 Å². The maximum Gasteiger partial charge on any atom is 0.339 e. The van der Waals surface area contributed by atoms with E-state index in [9.17, 15) is 14.4 Å². The molecule has 1 heterocycles. The Balaban J connectivity index is 1.72. The number of carbonyl (C=O) groups is 2. The summed E-state index contributed by atoms with van der Waals surface area (Å²) in [4.78, 5) is 35.7. The van der Waals surface area contributed by atoms with Gasteiger partial charge in [-0.25, -0.2) is 4.79 Å². The van der Waals surface area contributed by atoms with Gasteiger partial charge in [0, 0.05) is 29.6 Å². The normalized spacial score (nSPS) is 10.7. The van der Waals surface area contributed by atoms with Gasteiger partial charge in [-0.05, 0) is 49.6 Å². The highest BCUT2D eigenvalue weighted by Crippen LogP contribution is 2.22. The van der Waals surface area contributed by atoms with E-state index >= 15 is 0 Å². The maximum atomic E-state index is 12.3. The fourth-order valence-corrected chi connectivity index (χ4v) is 3.04. The van der Waals surface area contributed by atoms with Crippen molar-refractivity contribution in [1.29, 1.82) is 0 Å². The minimum atomic E-state index is -0.470. The third-order valence-corrected chi connectivity index (χ3v) is 4.41. The van der Waals surface area contributed by atoms with Gasteiger partial charge in [-0.2, -0.15) is 0 Å². The van der Waals surface area contributed by atoms with Crippen molar-refractivity contribution in [1.82, 2.24) is 0 Å². The summed E-state index contributed by atoms with van der Waals surface area (Å²) in [5.74, 6) is -0.353. The van der Waals surface area contributed by atoms with Crippen LogP contribution in [0.2, 0.25) is 0 Å². The molecule has 144 valence electrons. The van der Waals surface area contributed by atoms with Crippen LogP contribution in [0.5, 0.6) is 5.75 Å². The van der Waals surface area contributed by atoms with E-state index in [-0.39, 0.29) is 18.7 Å². The first-order valence-corrected chi connectivity index (χ1v) is 8.95. The van der Waals surface area contributed by atoms with Crippen LogP contribution in [-0.4, -0.2) is 11.9 Å². The molecule has 0 aliphatic rings. The van der Waals surface area contributed by atoms with Crippen molar-refractivity contribution < 1.29 is 18.7 Å². The van der Waals surface area contributed by atoms with Crippen molar-refractivity contribution in [3.05, 3.63) is 69.6 Å². The van der Waals surface area contributed by atoms with Gasteiger partial charge in [-0.15, -0.1) is 0 Å². The molecule has 0 spiro atoms. The Labute approximate surface area is 162 Å². The molecule has 6 nitrogen and oxygen atoms in total. The lowest BCUT2D eigenvalue weighted by molar-refractivity contribution is -0.134. The summed E-state index contributed by atoms with van der Waals surface area (Å²) in [7, 11) is 0. The molecular weight excluding hydrogens is 358 g/mol. The topological polar surface area (TPSA) is 85.6 Å². The van der Waals surface area contributed by atoms with Crippen molar-refractivity contribution in [3.8, 4) is 5.75 Å². The van der Waals surface area contributed by atoms with E-state index in [1.807, 2.05) is 32.0 Å². The number of hydrogen-bond donors (Lipinski definition) is 1. The van der Waals surface area contributed by atoms with Crippen LogP contribution >= 0.6 is 0 Å². The van der Waals surface area contributed by atoms with Crippen LogP contribution in [0.15, 0.2) is 51.7 Å². The Kier molecular flexibility index (Phi) is 5.59. The first-order chi connectivity index (χ1) is 13.3. The van der Waals surface area contributed by atoms with E-state index < -0.39 is 11.6 Å². The Hall–Kier alpha value is -3.41. The van der Waals surface area contributed by atoms with Crippen molar-refractivity contribution >= 4 is 28.5 Å². The van der Waals surface area contributed by atoms with Crippen molar-refractivity contribution in [2.45, 2.75) is 33.6 Å². The standard InChI is InChI=1S/C22H21NO5/c1-13-7-8-18-14(2)19(22(26)28-20(18)11-13)9-10-21(25)27-17-6-4-5-16(12-17)23-15(3)24/h4-8,11-12H,9-10H2,1-3H3,(H,23,24). The molecule has 0 saturated heterocycles. The number of carbonyl (C=O) groups excluding carboxylic acids is 2. The molecule has 0 bridgehead atoms. The van der Waals surface area contributed by atoms with E-state index in [0.717, 1.165) is 16.5 Å². The maximum absolute atomic E-state index is 12.3. The number of aryl methyl sites for hydroxylation is 2. The average Bonchev–Trinajstić information content (AvgIpc) is 2.60. The number of fused-ring (bicyclic) bond motifs is 1. The molecule has 1 N–H and O–H groups in total. The number of anilines is 1. The monoisotopic (exact) mass is 379 g/mol. The fraction of sp³-hybridized carbons (Fsp3) is 0.227. The second-order valence-corrected chi connectivity index (χ2v) is 6.68. The largest absolute Gasteiger partial charge is 0.426 e. The number of ether oxygens (including phenoxy) is 1. The highest BCUT2D eigenvalue weighted by atomic mass is 16.5. The molecule has 1 aromatic heterocycles. The zero-order chi connectivity index (χ0) is 20.3. The second kappa shape index (κ2) is 8.08. The van der Waals surface area contributed by atoms with Crippen LogP contribution in [0.25, 0.3) is 11.0 Å². The average molecular weight is 379 g/mol. The molecule has 0 aliphatic carbocycles. The van der Waals surface area contributed by atoms with E-state index in [4.69, 9.17) is 9.15 Å². The first-order valence-electron chi connectivity index (χ1n) is 8.95. The molecule has 28 heavy (non-hydrogen) atoms. The van der Waals surface area contributed by atoms with E-state index in [0.29, 0.717) is 22.6 Å². The summed E-state index contributed by atoms with van der Waals surface area (Å²) in [5.41, 5.74) is 2.94. The minimum Gasteiger partial charge on any atom is -0.426 e. The molecule has 0 saturated carbocycles. The Morgan fingerprint density at radius 3 is 2.64 bits per heavy atom. The number of hydrogen-bond acceptors (Lipinski definition) is 5. The molecule has 0 atom stereocenters. The Bertz CT molecular complexity index is 1110. The van der Waals surface area contributed by atoms with Gasteiger partial charge >= 0.3 is 11.6 Å². The van der Waals surface area contributed by atoms with Crippen LogP contribution in [0.3, 0.4) is 0 Å². The molecule has 3 aromatic rings. The number of amides is 1. The van der Waals surface area contributed by atoms with Crippen LogP contribution in [-0.2, 0) is 16.0 Å². The highest BCUT2D eigenvalue weighted by molar-refractivity contribution is 5.89. The van der Waals surface area contributed by atoms with Crippen LogP contribution in [0.1, 0.15) is 30.0 Å². The second-order valence-electron chi connectivity index (χ2n) is 6.68. The van der Waals surface area contributed by atoms with E-state index in [1.165, 1.54) is 6.92 Å². The van der Waals surface area contributed by atoms with Gasteiger partial charge in [0.05, 0.1) is 6.42 Å². The zero-order valence-corrected chi connectivity index (χ0v) is 16.0. The summed E-state index contributed by atoms with van der Waals surface area (Å²) >= 11 is 0. The zero-order valence-electron chi connectivity index (χ0n) is 16.0. The quantitative estimate of drug-likeness (QED) is 0.413. The summed E-state index contributed by atoms with van der Waals surface area (Å²) in [6.07, 6.45) is 0.259. The van der Waals surface area contributed by atoms with Crippen LogP contribution < -0.4 is 15.7 Å². The van der Waals surface area contributed by atoms with Gasteiger partial charge in [0.1, 0.15) is 11.3 Å². The lowest BCUT2D eigenvalue weighted by Gasteiger charge is -2.09. The molecule has 0 aliphatic heterocycles. The van der Waals surface area contributed by atoms with E-state index in [2.05, 4.69) is 5.32 Å². The Morgan fingerprint density at radius 2 is 1.89 bits per heavy atom. The molecule has 6 heteroatoms. The predicted molar refractivity (Wildman–Crippen MR) is 107 cm³/mol. The minimum absolute atomic E-state index is 0.0351. The number of benzene rings is 2. The summed E-state index contributed by atoms with van der Waals surface area (Å²) in [6.45, 7) is 5.18. The lowest BCUT2D eigenvalue weighted by Crippen LogP contribution is -2.15. The van der Waals surface area contributed by atoms with Gasteiger partial charge in [-0.3, -0.25) is 9.59 Å². The van der Waals surface area contributed by atoms with Gasteiger partial charge in [0.25, 0.3) is 0 Å². The van der Waals surface area contributed by atoms with Gasteiger partial charge in [0.15, 0.2) is 0 Å². The molecular formula is C22H21NO5. The molecule has 0 radical (unpaired) electrons. The predicted octanol–water partition coefficient (Wildman–Crippen LogP) is 3.91. The molecule has 1 amide bonds. The first kappa shape index (κ1) is 19.4. The highest BCUT2D eigenvalue weighted by Gasteiger charge is 2.14. The van der Waals surface area contributed by atoms with Crippen molar-refractivity contribution in [2.75, 3.05) is 5.32 Å². The SMILES string of the molecule is CC(=O)Nc1cccc(OC(=O)CCc2c(C)c3ccc(C)cc3oc2=O)c1.